The van der Waals surface area contributed by atoms with Crippen molar-refractivity contribution < 1.29 is 13.9 Å². The van der Waals surface area contributed by atoms with Crippen molar-refractivity contribution in [3.63, 3.8) is 0 Å². The minimum Gasteiger partial charge on any atom is -0.392 e. The van der Waals surface area contributed by atoms with E-state index >= 15 is 0 Å². The van der Waals surface area contributed by atoms with Crippen LogP contribution in [0.5, 0.6) is 0 Å². The summed E-state index contributed by atoms with van der Waals surface area (Å²) in [5.74, 6) is -0.764. The lowest BCUT2D eigenvalue weighted by molar-refractivity contribution is 0.272. The van der Waals surface area contributed by atoms with E-state index in [4.69, 9.17) is 0 Å². The molecule has 0 bridgehead atoms. The Balaban J connectivity index is 2.29. The van der Waals surface area contributed by atoms with Gasteiger partial charge in [-0.2, -0.15) is 0 Å². The summed E-state index contributed by atoms with van der Waals surface area (Å²) >= 11 is 0. The van der Waals surface area contributed by atoms with E-state index in [1.165, 1.54) is 31.3 Å². The maximum atomic E-state index is 14.3. The van der Waals surface area contributed by atoms with Crippen molar-refractivity contribution in [3.8, 4) is 0 Å². The predicted octanol–water partition coefficient (Wildman–Crippen LogP) is 3.87. The Morgan fingerprint density at radius 1 is 1.48 bits per heavy atom. The number of hydrogen-bond donors (Lipinski definition) is 1. The molecule has 0 unspecified atom stereocenters. The fourth-order valence-electron chi connectivity index (χ4n) is 2.71. The first-order valence-corrected chi connectivity index (χ1v) is 7.49. The van der Waals surface area contributed by atoms with Crippen LogP contribution in [0.1, 0.15) is 26.3 Å². The smallest absolute Gasteiger partial charge is 0.166 e. The van der Waals surface area contributed by atoms with Gasteiger partial charge in [-0.1, -0.05) is 32.6 Å². The maximum Gasteiger partial charge on any atom is 0.166 e. The molecule has 3 nitrogen and oxygen atoms in total. The summed E-state index contributed by atoms with van der Waals surface area (Å²) in [6.45, 7) is 10.3. The van der Waals surface area contributed by atoms with Crippen molar-refractivity contribution >= 4 is 11.4 Å². The van der Waals surface area contributed by atoms with Crippen molar-refractivity contribution in [1.29, 1.82) is 0 Å². The van der Waals surface area contributed by atoms with Gasteiger partial charge in [0.25, 0.3) is 0 Å². The van der Waals surface area contributed by atoms with E-state index in [0.29, 0.717) is 11.4 Å². The minimum atomic E-state index is -0.591. The monoisotopic (exact) mass is 320 g/mol. The molecule has 1 fully saturated rings. The van der Waals surface area contributed by atoms with Gasteiger partial charge in [0.05, 0.1) is 6.61 Å². The van der Waals surface area contributed by atoms with Crippen LogP contribution in [0.4, 0.5) is 14.6 Å². The van der Waals surface area contributed by atoms with Crippen molar-refractivity contribution in [1.82, 2.24) is 4.98 Å². The second-order valence-corrected chi connectivity index (χ2v) is 6.57. The van der Waals surface area contributed by atoms with Gasteiger partial charge < -0.3 is 10.0 Å². The van der Waals surface area contributed by atoms with Gasteiger partial charge in [0, 0.05) is 30.4 Å². The molecule has 1 aromatic heterocycles. The Morgan fingerprint density at radius 3 is 2.61 bits per heavy atom. The van der Waals surface area contributed by atoms with Crippen LogP contribution in [-0.2, 0) is 0 Å². The molecule has 1 aliphatic rings. The van der Waals surface area contributed by atoms with Crippen LogP contribution in [0, 0.1) is 11.2 Å². The van der Waals surface area contributed by atoms with Gasteiger partial charge in [-0.15, -0.1) is 0 Å². The van der Waals surface area contributed by atoms with Crippen molar-refractivity contribution in [3.05, 3.63) is 53.8 Å². The zero-order chi connectivity index (χ0) is 17.2. The molecular weight excluding hydrogens is 298 g/mol. The quantitative estimate of drug-likeness (QED) is 0.837. The van der Waals surface area contributed by atoms with E-state index in [1.54, 1.807) is 0 Å². The van der Waals surface area contributed by atoms with Gasteiger partial charge >= 0.3 is 0 Å². The zero-order valence-corrected chi connectivity index (χ0v) is 13.7. The van der Waals surface area contributed by atoms with E-state index in [1.807, 2.05) is 4.90 Å². The Kier molecular flexibility index (Phi) is 5.00. The van der Waals surface area contributed by atoms with Crippen molar-refractivity contribution in [2.75, 3.05) is 24.6 Å². The van der Waals surface area contributed by atoms with E-state index in [2.05, 4.69) is 25.4 Å². The molecule has 0 saturated carbocycles. The van der Waals surface area contributed by atoms with Crippen LogP contribution >= 0.6 is 0 Å². The average Bonchev–Trinajstić information content (AvgIpc) is 2.48. The summed E-state index contributed by atoms with van der Waals surface area (Å²) in [4.78, 5) is 6.01. The Labute approximate surface area is 135 Å². The third-order valence-electron chi connectivity index (χ3n) is 3.89. The highest BCUT2D eigenvalue weighted by Crippen LogP contribution is 2.34. The van der Waals surface area contributed by atoms with E-state index < -0.39 is 18.3 Å². The maximum absolute atomic E-state index is 14.3. The first kappa shape index (κ1) is 17.3. The zero-order valence-electron chi connectivity index (χ0n) is 13.7. The molecular formula is C18H22F2N2O. The molecule has 1 aliphatic heterocycles. The molecule has 0 amide bonds. The second kappa shape index (κ2) is 6.62. The van der Waals surface area contributed by atoms with Gasteiger partial charge in [0.1, 0.15) is 5.83 Å². The first-order valence-electron chi connectivity index (χ1n) is 7.49. The Bertz CT molecular complexity index is 670. The highest BCUT2D eigenvalue weighted by molar-refractivity contribution is 5.69. The first-order chi connectivity index (χ1) is 10.8. The molecule has 0 radical (unpaired) electrons. The molecule has 5 heteroatoms. The number of rotatable bonds is 5. The molecule has 1 N–H and O–H groups in total. The van der Waals surface area contributed by atoms with E-state index in [-0.39, 0.29) is 16.6 Å². The lowest BCUT2D eigenvalue weighted by atomic mass is 9.84. The second-order valence-electron chi connectivity index (χ2n) is 6.57. The lowest BCUT2D eigenvalue weighted by Crippen LogP contribution is -2.53. The molecule has 0 aromatic carbocycles. The molecule has 2 heterocycles. The number of anilines is 1. The fraction of sp³-hybridized carbons (Fsp3) is 0.389. The summed E-state index contributed by atoms with van der Waals surface area (Å²) in [6.07, 6.45) is 4.24. The molecule has 0 atom stereocenters. The Morgan fingerprint density at radius 2 is 2.13 bits per heavy atom. The summed E-state index contributed by atoms with van der Waals surface area (Å²) in [7, 11) is 0. The summed E-state index contributed by atoms with van der Waals surface area (Å²) in [5, 5.41) is 9.20. The highest BCUT2D eigenvalue weighted by atomic mass is 19.1. The SMILES string of the molecule is C=C/C=C(CO)\C(F)=C(/C)c1cnc(N2CC(C)(C)C2)c(F)c1. The summed E-state index contributed by atoms with van der Waals surface area (Å²) in [6, 6.07) is 1.28. The van der Waals surface area contributed by atoms with E-state index in [9.17, 15) is 13.9 Å². The standard InChI is InChI=1S/C18H22F2N2O/c1-5-6-13(9-23)16(20)12(2)14-7-15(19)17(21-8-14)22-10-18(3,4)11-22/h5-8,23H,1,9-11H2,2-4H3/b13-6-,16-12-. The van der Waals surface area contributed by atoms with Gasteiger partial charge in [-0.3, -0.25) is 0 Å². The van der Waals surface area contributed by atoms with Crippen LogP contribution in [0.2, 0.25) is 0 Å². The fourth-order valence-corrected chi connectivity index (χ4v) is 2.71. The number of aromatic nitrogens is 1. The number of aliphatic hydroxyl groups is 1. The third-order valence-corrected chi connectivity index (χ3v) is 3.89. The summed E-state index contributed by atoms with van der Waals surface area (Å²) < 4.78 is 28.6. The number of allylic oxidation sites excluding steroid dienone is 3. The van der Waals surface area contributed by atoms with Gasteiger partial charge in [0.15, 0.2) is 11.6 Å². The lowest BCUT2D eigenvalue weighted by Gasteiger charge is -2.46. The molecule has 0 aliphatic carbocycles. The average molecular weight is 320 g/mol. The van der Waals surface area contributed by atoms with E-state index in [0.717, 1.165) is 13.1 Å². The largest absolute Gasteiger partial charge is 0.392 e. The van der Waals surface area contributed by atoms with Gasteiger partial charge in [-0.25, -0.2) is 13.8 Å². The molecule has 2 rings (SSSR count). The van der Waals surface area contributed by atoms with Crippen LogP contribution in [0.15, 0.2) is 42.4 Å². The molecule has 1 aromatic rings. The number of nitrogens with zero attached hydrogens (tertiary/aromatic N) is 2. The van der Waals surface area contributed by atoms with Gasteiger partial charge in [0.2, 0.25) is 0 Å². The van der Waals surface area contributed by atoms with Crippen LogP contribution in [-0.4, -0.2) is 29.8 Å². The normalized spacial score (nSPS) is 18.3. The predicted molar refractivity (Wildman–Crippen MR) is 89.3 cm³/mol. The Hall–Kier alpha value is -2.01. The molecule has 124 valence electrons. The summed E-state index contributed by atoms with van der Waals surface area (Å²) in [5.41, 5.74) is 0.854. The van der Waals surface area contributed by atoms with Crippen LogP contribution < -0.4 is 4.90 Å². The molecule has 1 saturated heterocycles. The third kappa shape index (κ3) is 3.67. The van der Waals surface area contributed by atoms with Crippen LogP contribution in [0.25, 0.3) is 5.57 Å². The molecule has 0 spiro atoms. The highest BCUT2D eigenvalue weighted by Gasteiger charge is 2.36. The van der Waals surface area contributed by atoms with Crippen molar-refractivity contribution in [2.45, 2.75) is 20.8 Å². The van der Waals surface area contributed by atoms with Crippen molar-refractivity contribution in [2.24, 2.45) is 5.41 Å². The number of pyridine rings is 1. The number of aliphatic hydroxyl groups excluding tert-OH is 1. The molecule has 23 heavy (non-hydrogen) atoms. The topological polar surface area (TPSA) is 36.4 Å². The van der Waals surface area contributed by atoms with Gasteiger partial charge in [-0.05, 0) is 24.0 Å². The van der Waals surface area contributed by atoms with Crippen LogP contribution in [0.3, 0.4) is 0 Å². The number of halogens is 2. The minimum absolute atomic E-state index is 0.103. The number of hydrogen-bond acceptors (Lipinski definition) is 3.